The van der Waals surface area contributed by atoms with Crippen molar-refractivity contribution in [3.8, 4) is 0 Å². The number of nitrogens with two attached hydrogens (primary N) is 1. The van der Waals surface area contributed by atoms with Crippen molar-refractivity contribution in [3.05, 3.63) is 5.69 Å². The van der Waals surface area contributed by atoms with Gasteiger partial charge in [0.1, 0.15) is 0 Å². The van der Waals surface area contributed by atoms with Gasteiger partial charge >= 0.3 is 0 Å². The molecule has 2 rings (SSSR count). The zero-order valence-electron chi connectivity index (χ0n) is 8.36. The summed E-state index contributed by atoms with van der Waals surface area (Å²) in [6, 6.07) is 0. The zero-order chi connectivity index (χ0) is 11.1. The van der Waals surface area contributed by atoms with Crippen LogP contribution in [0.25, 0.3) is 0 Å². The summed E-state index contributed by atoms with van der Waals surface area (Å²) in [5.41, 5.74) is 5.93. The van der Waals surface area contributed by atoms with E-state index in [2.05, 4.69) is 9.71 Å². The minimum absolute atomic E-state index is 0.237. The lowest BCUT2D eigenvalue weighted by Gasteiger charge is -2.03. The maximum atomic E-state index is 11.8. The second-order valence-electron chi connectivity index (χ2n) is 3.72. The molecule has 1 heterocycles. The van der Waals surface area contributed by atoms with Crippen LogP contribution in [-0.4, -0.2) is 19.9 Å². The normalized spacial score (nSPS) is 16.9. The number of nitrogens with zero attached hydrogens (tertiary/aromatic N) is 1. The van der Waals surface area contributed by atoms with Crippen LogP contribution in [0, 0.1) is 12.8 Å². The molecule has 5 nitrogen and oxygen atoms in total. The minimum Gasteiger partial charge on any atom is -0.375 e. The molecule has 3 N–H and O–H groups in total. The van der Waals surface area contributed by atoms with Crippen LogP contribution < -0.4 is 10.5 Å². The zero-order valence-corrected chi connectivity index (χ0v) is 9.99. The predicted octanol–water partition coefficient (Wildman–Crippen LogP) is 0.722. The molecule has 1 saturated carbocycles. The summed E-state index contributed by atoms with van der Waals surface area (Å²) >= 11 is 1.01. The lowest BCUT2D eigenvalue weighted by molar-refractivity contribution is 0.579. The molecular weight excluding hydrogens is 234 g/mol. The number of sulfonamides is 1. The van der Waals surface area contributed by atoms with E-state index < -0.39 is 10.0 Å². The van der Waals surface area contributed by atoms with Crippen molar-refractivity contribution in [2.24, 2.45) is 5.92 Å². The fraction of sp³-hybridized carbons (Fsp3) is 0.625. The van der Waals surface area contributed by atoms with Gasteiger partial charge in [0.2, 0.25) is 0 Å². The van der Waals surface area contributed by atoms with Crippen LogP contribution in [0.1, 0.15) is 18.5 Å². The highest BCUT2D eigenvalue weighted by molar-refractivity contribution is 7.91. The molecule has 7 heteroatoms. The van der Waals surface area contributed by atoms with Crippen molar-refractivity contribution < 1.29 is 8.42 Å². The van der Waals surface area contributed by atoms with Gasteiger partial charge in [-0.1, -0.05) is 11.3 Å². The quantitative estimate of drug-likeness (QED) is 0.821. The molecular formula is C8H13N3O2S2. The third kappa shape index (κ3) is 2.47. The van der Waals surface area contributed by atoms with Gasteiger partial charge in [-0.3, -0.25) is 0 Å². The van der Waals surface area contributed by atoms with Crippen LogP contribution in [0.5, 0.6) is 0 Å². The Morgan fingerprint density at radius 3 is 2.73 bits per heavy atom. The number of hydrogen-bond donors (Lipinski definition) is 2. The number of rotatable bonds is 4. The molecule has 0 atom stereocenters. The molecule has 0 amide bonds. The summed E-state index contributed by atoms with van der Waals surface area (Å²) in [7, 11) is -3.40. The van der Waals surface area contributed by atoms with Gasteiger partial charge in [-0.15, -0.1) is 0 Å². The molecule has 0 spiro atoms. The Kier molecular flexibility index (Phi) is 2.70. The van der Waals surface area contributed by atoms with Gasteiger partial charge in [-0.2, -0.15) is 0 Å². The highest BCUT2D eigenvalue weighted by Gasteiger charge is 2.26. The topological polar surface area (TPSA) is 85.1 Å². The van der Waals surface area contributed by atoms with Gasteiger partial charge in [-0.25, -0.2) is 18.1 Å². The Balaban J connectivity index is 2.16. The molecule has 0 saturated heterocycles. The number of aryl methyl sites for hydroxylation is 1. The van der Waals surface area contributed by atoms with Gasteiger partial charge in [0.05, 0.1) is 5.69 Å². The van der Waals surface area contributed by atoms with Crippen LogP contribution in [0.4, 0.5) is 5.13 Å². The highest BCUT2D eigenvalue weighted by atomic mass is 32.2. The first-order valence-electron chi connectivity index (χ1n) is 4.71. The Bertz CT molecular complexity index is 462. The summed E-state index contributed by atoms with van der Waals surface area (Å²) in [5, 5.41) is 0.291. The van der Waals surface area contributed by atoms with E-state index in [1.165, 1.54) is 0 Å². The molecule has 1 aromatic rings. The molecule has 1 fully saturated rings. The highest BCUT2D eigenvalue weighted by Crippen LogP contribution is 2.29. The molecule has 0 radical (unpaired) electrons. The van der Waals surface area contributed by atoms with Gasteiger partial charge in [0.25, 0.3) is 10.0 Å². The van der Waals surface area contributed by atoms with Crippen molar-refractivity contribution in [1.82, 2.24) is 9.71 Å². The van der Waals surface area contributed by atoms with Gasteiger partial charge in [0.15, 0.2) is 9.34 Å². The molecule has 1 aliphatic rings. The number of nitrogen functional groups attached to an aromatic ring is 1. The average Bonchev–Trinajstić information content (AvgIpc) is 2.89. The Morgan fingerprint density at radius 1 is 1.60 bits per heavy atom. The SMILES string of the molecule is Cc1nc(N)sc1S(=O)(=O)NCC1CC1. The average molecular weight is 247 g/mol. The van der Waals surface area contributed by atoms with Gasteiger partial charge in [0, 0.05) is 6.54 Å². The largest absolute Gasteiger partial charge is 0.375 e. The molecule has 0 aliphatic heterocycles. The Labute approximate surface area is 92.8 Å². The fourth-order valence-electron chi connectivity index (χ4n) is 1.27. The van der Waals surface area contributed by atoms with E-state index in [-0.39, 0.29) is 4.21 Å². The first-order valence-corrected chi connectivity index (χ1v) is 7.01. The van der Waals surface area contributed by atoms with E-state index in [1.807, 2.05) is 0 Å². The monoisotopic (exact) mass is 247 g/mol. The predicted molar refractivity (Wildman–Crippen MR) is 59.2 cm³/mol. The van der Waals surface area contributed by atoms with E-state index in [0.29, 0.717) is 23.3 Å². The number of anilines is 1. The lowest BCUT2D eigenvalue weighted by atomic mass is 10.4. The van der Waals surface area contributed by atoms with Crippen LogP contribution in [-0.2, 0) is 10.0 Å². The van der Waals surface area contributed by atoms with Gasteiger partial charge in [-0.05, 0) is 25.7 Å². The second-order valence-corrected chi connectivity index (χ2v) is 6.71. The fourth-order valence-corrected chi connectivity index (χ4v) is 3.73. The Hall–Kier alpha value is -0.660. The third-order valence-corrected chi connectivity index (χ3v) is 5.29. The van der Waals surface area contributed by atoms with Crippen molar-refractivity contribution in [2.75, 3.05) is 12.3 Å². The second kappa shape index (κ2) is 3.73. The van der Waals surface area contributed by atoms with E-state index >= 15 is 0 Å². The maximum Gasteiger partial charge on any atom is 0.252 e. The smallest absolute Gasteiger partial charge is 0.252 e. The van der Waals surface area contributed by atoms with E-state index in [4.69, 9.17) is 5.73 Å². The van der Waals surface area contributed by atoms with Crippen molar-refractivity contribution in [1.29, 1.82) is 0 Å². The third-order valence-electron chi connectivity index (χ3n) is 2.27. The summed E-state index contributed by atoms with van der Waals surface area (Å²) in [4.78, 5) is 3.90. The summed E-state index contributed by atoms with van der Waals surface area (Å²) in [5.74, 6) is 0.519. The number of hydrogen-bond acceptors (Lipinski definition) is 5. The molecule has 0 aromatic carbocycles. The maximum absolute atomic E-state index is 11.8. The number of nitrogens with one attached hydrogen (secondary N) is 1. The van der Waals surface area contributed by atoms with Crippen molar-refractivity contribution in [3.63, 3.8) is 0 Å². The minimum atomic E-state index is -3.40. The van der Waals surface area contributed by atoms with Crippen LogP contribution in [0.3, 0.4) is 0 Å². The first kappa shape index (κ1) is 10.8. The molecule has 1 aliphatic carbocycles. The van der Waals surface area contributed by atoms with E-state index in [0.717, 1.165) is 24.2 Å². The molecule has 1 aromatic heterocycles. The molecule has 0 bridgehead atoms. The van der Waals surface area contributed by atoms with Crippen molar-refractivity contribution >= 4 is 26.5 Å². The van der Waals surface area contributed by atoms with Crippen molar-refractivity contribution in [2.45, 2.75) is 24.0 Å². The molecule has 0 unspecified atom stereocenters. The van der Waals surface area contributed by atoms with E-state index in [9.17, 15) is 8.42 Å². The molecule has 84 valence electrons. The number of aromatic nitrogens is 1. The Morgan fingerprint density at radius 2 is 2.27 bits per heavy atom. The van der Waals surface area contributed by atoms with Crippen LogP contribution >= 0.6 is 11.3 Å². The standard InChI is InChI=1S/C8H13N3O2S2/c1-5-7(14-8(9)11-5)15(12,13)10-4-6-2-3-6/h6,10H,2-4H2,1H3,(H2,9,11). The van der Waals surface area contributed by atoms with Crippen LogP contribution in [0.2, 0.25) is 0 Å². The van der Waals surface area contributed by atoms with E-state index in [1.54, 1.807) is 6.92 Å². The number of thiazole rings is 1. The summed E-state index contributed by atoms with van der Waals surface area (Å²) < 4.78 is 26.4. The first-order chi connectivity index (χ1) is 6.99. The summed E-state index contributed by atoms with van der Waals surface area (Å²) in [6.45, 7) is 2.18. The van der Waals surface area contributed by atoms with Crippen LogP contribution in [0.15, 0.2) is 4.21 Å². The summed E-state index contributed by atoms with van der Waals surface area (Å²) in [6.07, 6.45) is 2.23. The van der Waals surface area contributed by atoms with Gasteiger partial charge < -0.3 is 5.73 Å². The molecule has 15 heavy (non-hydrogen) atoms. The lowest BCUT2D eigenvalue weighted by Crippen LogP contribution is -2.25.